The Morgan fingerprint density at radius 1 is 1.18 bits per heavy atom. The van der Waals surface area contributed by atoms with Gasteiger partial charge in [0.05, 0.1) is 11.0 Å². The van der Waals surface area contributed by atoms with Crippen molar-refractivity contribution in [2.45, 2.75) is 13.5 Å². The number of rotatable bonds is 4. The van der Waals surface area contributed by atoms with Gasteiger partial charge >= 0.3 is 0 Å². The minimum absolute atomic E-state index is 0.0154. The van der Waals surface area contributed by atoms with Crippen LogP contribution in [0.15, 0.2) is 64.1 Å². The van der Waals surface area contributed by atoms with Crippen LogP contribution in [-0.2, 0) is 6.54 Å². The highest BCUT2D eigenvalue weighted by atomic mass is 79.9. The third-order valence-electron chi connectivity index (χ3n) is 4.48. The molecule has 0 aliphatic carbocycles. The first kappa shape index (κ1) is 18.6. The minimum Gasteiger partial charge on any atom is -0.361 e. The highest BCUT2D eigenvalue weighted by molar-refractivity contribution is 9.10. The summed E-state index contributed by atoms with van der Waals surface area (Å²) < 4.78 is 4.64. The average molecular weight is 456 g/mol. The largest absolute Gasteiger partial charge is 0.361 e. The molecular weight excluding hydrogens is 438 g/mol. The molecule has 6 nitrogen and oxygen atoms in total. The molecule has 3 aromatic heterocycles. The second-order valence-corrected chi connectivity index (χ2v) is 7.78. The first-order valence-electron chi connectivity index (χ1n) is 8.79. The van der Waals surface area contributed by atoms with Gasteiger partial charge in [0.1, 0.15) is 11.3 Å². The summed E-state index contributed by atoms with van der Waals surface area (Å²) in [6.45, 7) is 3.04. The van der Waals surface area contributed by atoms with E-state index in [0.717, 1.165) is 21.1 Å². The molecule has 0 aliphatic rings. The third-order valence-corrected chi connectivity index (χ3v) is 5.20. The number of thiocarbonyl (C=S) groups is 1. The summed E-state index contributed by atoms with van der Waals surface area (Å²) >= 11 is 8.68. The molecule has 0 unspecified atom stereocenters. The molecule has 3 heterocycles. The number of hydrogen-bond donors (Lipinski definition) is 2. The quantitative estimate of drug-likeness (QED) is 0.459. The lowest BCUT2D eigenvalue weighted by atomic mass is 10.2. The summed E-state index contributed by atoms with van der Waals surface area (Å²) in [5.74, 6) is 0.661. The zero-order valence-corrected chi connectivity index (χ0v) is 17.5. The fourth-order valence-corrected chi connectivity index (χ4v) is 3.62. The molecule has 0 amide bonds. The van der Waals surface area contributed by atoms with Crippen molar-refractivity contribution in [3.05, 3.63) is 75.2 Å². The Hall–Kier alpha value is -2.71. The van der Waals surface area contributed by atoms with Crippen molar-refractivity contribution in [2.24, 2.45) is 0 Å². The van der Waals surface area contributed by atoms with E-state index in [2.05, 4.69) is 37.6 Å². The number of hydrogen-bond acceptors (Lipinski definition) is 3. The number of anilines is 1. The monoisotopic (exact) mass is 455 g/mol. The normalized spacial score (nSPS) is 11.1. The van der Waals surface area contributed by atoms with E-state index < -0.39 is 0 Å². The minimum atomic E-state index is -0.0154. The molecule has 0 atom stereocenters. The van der Waals surface area contributed by atoms with Gasteiger partial charge in [-0.1, -0.05) is 6.07 Å². The summed E-state index contributed by atoms with van der Waals surface area (Å²) in [5.41, 5.74) is 3.67. The van der Waals surface area contributed by atoms with Crippen LogP contribution in [0, 0.1) is 6.92 Å². The Morgan fingerprint density at radius 3 is 2.82 bits per heavy atom. The molecule has 4 aromatic rings. The summed E-state index contributed by atoms with van der Waals surface area (Å²) in [7, 11) is 0. The fraction of sp³-hybridized carbons (Fsp3) is 0.150. The molecule has 4 rings (SSSR count). The number of nitrogens with one attached hydrogen (secondary N) is 2. The molecule has 2 N–H and O–H groups in total. The first-order chi connectivity index (χ1) is 13.5. The zero-order chi connectivity index (χ0) is 19.7. The topological polar surface area (TPSA) is 63.4 Å². The van der Waals surface area contributed by atoms with Crippen molar-refractivity contribution in [3.8, 4) is 0 Å². The maximum atomic E-state index is 13.0. The molecule has 0 bridgehead atoms. The van der Waals surface area contributed by atoms with Crippen molar-refractivity contribution >= 4 is 55.6 Å². The van der Waals surface area contributed by atoms with Crippen LogP contribution in [0.4, 0.5) is 5.82 Å². The van der Waals surface area contributed by atoms with Crippen LogP contribution in [0.3, 0.4) is 0 Å². The first-order valence-corrected chi connectivity index (χ1v) is 10.00. The number of aryl methyl sites for hydroxylation is 1. The lowest BCUT2D eigenvalue weighted by Crippen LogP contribution is -2.34. The Balaban J connectivity index is 1.54. The molecule has 0 saturated heterocycles. The van der Waals surface area contributed by atoms with E-state index in [9.17, 15) is 4.79 Å². The third kappa shape index (κ3) is 3.65. The van der Waals surface area contributed by atoms with E-state index >= 15 is 0 Å². The molecule has 0 spiro atoms. The van der Waals surface area contributed by atoms with Crippen molar-refractivity contribution in [1.29, 1.82) is 0 Å². The molecule has 1 aromatic carbocycles. The summed E-state index contributed by atoms with van der Waals surface area (Å²) in [6, 6.07) is 13.6. The highest BCUT2D eigenvalue weighted by Crippen LogP contribution is 2.17. The van der Waals surface area contributed by atoms with E-state index in [1.54, 1.807) is 10.8 Å². The van der Waals surface area contributed by atoms with Crippen molar-refractivity contribution in [1.82, 2.24) is 19.3 Å². The van der Waals surface area contributed by atoms with Crippen molar-refractivity contribution < 1.29 is 0 Å². The van der Waals surface area contributed by atoms with E-state index in [-0.39, 0.29) is 5.56 Å². The van der Waals surface area contributed by atoms with Gasteiger partial charge in [-0.05, 0) is 77.0 Å². The molecule has 0 aliphatic heterocycles. The molecular formula is C20H18BrN5OS. The lowest BCUT2D eigenvalue weighted by molar-refractivity contribution is 0.675. The van der Waals surface area contributed by atoms with Crippen LogP contribution in [0.1, 0.15) is 5.56 Å². The Bertz CT molecular complexity index is 1230. The van der Waals surface area contributed by atoms with E-state index in [0.29, 0.717) is 29.5 Å². The lowest BCUT2D eigenvalue weighted by Gasteiger charge is -2.15. The number of aromatic nitrogens is 3. The molecule has 8 heteroatoms. The SMILES string of the molecule is Cc1ccc2c(c1)n(CCNC(=S)Nc1ccc(Br)cn1)c(=O)c1cccn12. The number of fused-ring (bicyclic) bond motifs is 3. The Labute approximate surface area is 175 Å². The van der Waals surface area contributed by atoms with E-state index in [4.69, 9.17) is 12.2 Å². The van der Waals surface area contributed by atoms with Gasteiger partial charge < -0.3 is 19.6 Å². The number of halogens is 1. The summed E-state index contributed by atoms with van der Waals surface area (Å²) in [4.78, 5) is 17.2. The smallest absolute Gasteiger partial charge is 0.275 e. The van der Waals surface area contributed by atoms with Crippen LogP contribution < -0.4 is 16.2 Å². The average Bonchev–Trinajstić information content (AvgIpc) is 3.16. The van der Waals surface area contributed by atoms with Gasteiger partial charge in [-0.2, -0.15) is 0 Å². The molecule has 0 saturated carbocycles. The van der Waals surface area contributed by atoms with Crippen molar-refractivity contribution in [3.63, 3.8) is 0 Å². The predicted octanol–water partition coefficient (Wildman–Crippen LogP) is 3.71. The fourth-order valence-electron chi connectivity index (χ4n) is 3.18. The summed E-state index contributed by atoms with van der Waals surface area (Å²) in [6.07, 6.45) is 3.62. The van der Waals surface area contributed by atoms with Gasteiger partial charge in [0.25, 0.3) is 5.56 Å². The molecule has 28 heavy (non-hydrogen) atoms. The Kier molecular flexibility index (Phi) is 5.15. The van der Waals surface area contributed by atoms with Crippen molar-refractivity contribution in [2.75, 3.05) is 11.9 Å². The molecule has 0 fully saturated rings. The van der Waals surface area contributed by atoms with Crippen LogP contribution in [-0.4, -0.2) is 25.6 Å². The highest BCUT2D eigenvalue weighted by Gasteiger charge is 2.10. The Morgan fingerprint density at radius 2 is 2.04 bits per heavy atom. The van der Waals surface area contributed by atoms with Gasteiger partial charge in [-0.15, -0.1) is 0 Å². The van der Waals surface area contributed by atoms with Crippen LogP contribution in [0.25, 0.3) is 16.6 Å². The molecule has 0 radical (unpaired) electrons. The number of nitrogens with zero attached hydrogens (tertiary/aromatic N) is 3. The van der Waals surface area contributed by atoms with Crippen LogP contribution >= 0.6 is 28.1 Å². The maximum absolute atomic E-state index is 13.0. The van der Waals surface area contributed by atoms with Crippen LogP contribution in [0.2, 0.25) is 0 Å². The maximum Gasteiger partial charge on any atom is 0.275 e. The van der Waals surface area contributed by atoms with Gasteiger partial charge in [0.15, 0.2) is 5.11 Å². The number of pyridine rings is 1. The van der Waals surface area contributed by atoms with Crippen LogP contribution in [0.5, 0.6) is 0 Å². The van der Waals surface area contributed by atoms with E-state index in [1.165, 1.54) is 0 Å². The predicted molar refractivity (Wildman–Crippen MR) is 120 cm³/mol. The molecule has 142 valence electrons. The second-order valence-electron chi connectivity index (χ2n) is 6.45. The standard InChI is InChI=1S/C20H18BrN5OS/c1-13-4-6-15-17(11-13)26(19(27)16-3-2-9-25(15)16)10-8-22-20(28)24-18-7-5-14(21)12-23-18/h2-7,9,11-12H,8,10H2,1H3,(H2,22,23,24,28). The van der Waals surface area contributed by atoms with E-state index in [1.807, 2.05) is 53.9 Å². The van der Waals surface area contributed by atoms with Gasteiger partial charge in [0, 0.05) is 30.0 Å². The zero-order valence-electron chi connectivity index (χ0n) is 15.1. The summed E-state index contributed by atoms with van der Waals surface area (Å²) in [5, 5.41) is 6.65. The van der Waals surface area contributed by atoms with Gasteiger partial charge in [0.2, 0.25) is 0 Å². The number of benzene rings is 1. The second kappa shape index (κ2) is 7.73. The van der Waals surface area contributed by atoms with Gasteiger partial charge in [-0.3, -0.25) is 4.79 Å². The van der Waals surface area contributed by atoms with Gasteiger partial charge in [-0.25, -0.2) is 4.98 Å².